The standard InChI is InChI=1S/C4H12N2O3S/c1-2-10(7,8)6-3-4-9-5/h6H,2-5H2,1H3. The largest absolute Gasteiger partial charge is 0.303 e. The minimum atomic E-state index is -3.08. The van der Waals surface area contributed by atoms with Gasteiger partial charge < -0.3 is 4.84 Å². The van der Waals surface area contributed by atoms with Crippen molar-refractivity contribution >= 4 is 10.0 Å². The summed E-state index contributed by atoms with van der Waals surface area (Å²) in [5.41, 5.74) is 0. The first-order valence-corrected chi connectivity index (χ1v) is 4.56. The summed E-state index contributed by atoms with van der Waals surface area (Å²) in [5, 5.41) is 0. The van der Waals surface area contributed by atoms with Crippen molar-refractivity contribution in [2.45, 2.75) is 6.92 Å². The van der Waals surface area contributed by atoms with E-state index >= 15 is 0 Å². The van der Waals surface area contributed by atoms with Gasteiger partial charge in [-0.2, -0.15) is 0 Å². The average Bonchev–Trinajstić information content (AvgIpc) is 1.89. The lowest BCUT2D eigenvalue weighted by Gasteiger charge is -2.01. The van der Waals surface area contributed by atoms with Crippen molar-refractivity contribution in [1.29, 1.82) is 0 Å². The first-order chi connectivity index (χ1) is 4.62. The molecule has 0 saturated carbocycles. The molecule has 0 aliphatic heterocycles. The first kappa shape index (κ1) is 9.83. The third-order valence-corrected chi connectivity index (χ3v) is 2.33. The Balaban J connectivity index is 3.49. The third-order valence-electron chi connectivity index (χ3n) is 0.922. The molecule has 0 bridgehead atoms. The van der Waals surface area contributed by atoms with Crippen molar-refractivity contribution in [3.05, 3.63) is 0 Å². The van der Waals surface area contributed by atoms with Crippen LogP contribution in [-0.4, -0.2) is 27.3 Å². The van der Waals surface area contributed by atoms with Crippen molar-refractivity contribution in [3.8, 4) is 0 Å². The lowest BCUT2D eigenvalue weighted by atomic mass is 10.8. The fraction of sp³-hybridized carbons (Fsp3) is 1.00. The van der Waals surface area contributed by atoms with Crippen molar-refractivity contribution in [2.24, 2.45) is 5.90 Å². The van der Waals surface area contributed by atoms with Crippen molar-refractivity contribution in [1.82, 2.24) is 4.72 Å². The second kappa shape index (κ2) is 4.62. The van der Waals surface area contributed by atoms with Crippen molar-refractivity contribution < 1.29 is 13.3 Å². The minimum absolute atomic E-state index is 0.0809. The van der Waals surface area contributed by atoms with Gasteiger partial charge in [0.1, 0.15) is 0 Å². The minimum Gasteiger partial charge on any atom is -0.303 e. The predicted octanol–water partition coefficient (Wildman–Crippen LogP) is -1.18. The first-order valence-electron chi connectivity index (χ1n) is 2.91. The Morgan fingerprint density at radius 1 is 1.60 bits per heavy atom. The highest BCUT2D eigenvalue weighted by molar-refractivity contribution is 7.89. The van der Waals surface area contributed by atoms with E-state index in [0.717, 1.165) is 0 Å². The van der Waals surface area contributed by atoms with Crippen LogP contribution in [-0.2, 0) is 14.9 Å². The van der Waals surface area contributed by atoms with E-state index in [1.165, 1.54) is 0 Å². The van der Waals surface area contributed by atoms with Gasteiger partial charge in [-0.25, -0.2) is 19.0 Å². The number of sulfonamides is 1. The zero-order chi connectivity index (χ0) is 8.04. The van der Waals surface area contributed by atoms with Crippen LogP contribution in [0.5, 0.6) is 0 Å². The molecule has 10 heavy (non-hydrogen) atoms. The van der Waals surface area contributed by atoms with Crippen molar-refractivity contribution in [3.63, 3.8) is 0 Å². The highest BCUT2D eigenvalue weighted by Gasteiger charge is 2.03. The summed E-state index contributed by atoms with van der Waals surface area (Å²) in [6.07, 6.45) is 0. The fourth-order valence-electron chi connectivity index (χ4n) is 0.358. The highest BCUT2D eigenvalue weighted by Crippen LogP contribution is 1.79. The molecule has 0 spiro atoms. The Bertz CT molecular complexity index is 165. The number of rotatable bonds is 5. The van der Waals surface area contributed by atoms with Crippen LogP contribution in [0.15, 0.2) is 0 Å². The molecule has 62 valence electrons. The topological polar surface area (TPSA) is 81.4 Å². The Morgan fingerprint density at radius 2 is 2.20 bits per heavy atom. The second-order valence-corrected chi connectivity index (χ2v) is 3.76. The van der Waals surface area contributed by atoms with Gasteiger partial charge in [-0.05, 0) is 6.92 Å². The molecular weight excluding hydrogens is 156 g/mol. The van der Waals surface area contributed by atoms with Gasteiger partial charge in [0, 0.05) is 6.54 Å². The summed E-state index contributed by atoms with van der Waals surface area (Å²) < 4.78 is 23.6. The number of nitrogens with one attached hydrogen (secondary N) is 1. The molecule has 0 rings (SSSR count). The SMILES string of the molecule is CCS(=O)(=O)NCCON. The summed E-state index contributed by atoms with van der Waals surface area (Å²) in [5.74, 6) is 4.75. The van der Waals surface area contributed by atoms with Crippen molar-refractivity contribution in [2.75, 3.05) is 18.9 Å². The lowest BCUT2D eigenvalue weighted by Crippen LogP contribution is -2.29. The van der Waals surface area contributed by atoms with E-state index in [1.807, 2.05) is 0 Å². The maximum absolute atomic E-state index is 10.7. The number of nitrogens with two attached hydrogens (primary N) is 1. The van der Waals surface area contributed by atoms with Gasteiger partial charge in [0.2, 0.25) is 10.0 Å². The van der Waals surface area contributed by atoms with Crippen LogP contribution in [0.3, 0.4) is 0 Å². The average molecular weight is 168 g/mol. The molecule has 0 heterocycles. The summed E-state index contributed by atoms with van der Waals surface area (Å²) in [6.45, 7) is 1.98. The number of hydrogen-bond donors (Lipinski definition) is 2. The molecule has 0 aromatic rings. The Labute approximate surface area is 60.6 Å². The molecule has 6 heteroatoms. The molecule has 0 atom stereocenters. The Hall–Kier alpha value is -0.170. The van der Waals surface area contributed by atoms with Gasteiger partial charge >= 0.3 is 0 Å². The summed E-state index contributed by atoms with van der Waals surface area (Å²) in [4.78, 5) is 4.15. The normalized spacial score (nSPS) is 11.8. The van der Waals surface area contributed by atoms with Gasteiger partial charge in [-0.3, -0.25) is 0 Å². The van der Waals surface area contributed by atoms with Gasteiger partial charge in [0.25, 0.3) is 0 Å². The molecule has 0 aliphatic rings. The van der Waals surface area contributed by atoms with Crippen LogP contribution >= 0.6 is 0 Å². The molecule has 3 N–H and O–H groups in total. The van der Waals surface area contributed by atoms with Gasteiger partial charge in [0.05, 0.1) is 12.4 Å². The molecule has 0 fully saturated rings. The molecular formula is C4H12N2O3S. The van der Waals surface area contributed by atoms with Crippen LogP contribution in [0.1, 0.15) is 6.92 Å². The van der Waals surface area contributed by atoms with E-state index in [9.17, 15) is 8.42 Å². The zero-order valence-corrected chi connectivity index (χ0v) is 6.65. The summed E-state index contributed by atoms with van der Waals surface area (Å²) in [6, 6.07) is 0. The van der Waals surface area contributed by atoms with E-state index < -0.39 is 10.0 Å². The van der Waals surface area contributed by atoms with Crippen LogP contribution in [0.25, 0.3) is 0 Å². The van der Waals surface area contributed by atoms with Crippen LogP contribution in [0.4, 0.5) is 0 Å². The van der Waals surface area contributed by atoms with E-state index in [0.29, 0.717) is 0 Å². The smallest absolute Gasteiger partial charge is 0.211 e. The molecule has 0 aliphatic carbocycles. The van der Waals surface area contributed by atoms with E-state index in [-0.39, 0.29) is 18.9 Å². The fourth-order valence-corrected chi connectivity index (χ4v) is 0.957. The second-order valence-electron chi connectivity index (χ2n) is 1.67. The van der Waals surface area contributed by atoms with E-state index in [4.69, 9.17) is 0 Å². The highest BCUT2D eigenvalue weighted by atomic mass is 32.2. The predicted molar refractivity (Wildman–Crippen MR) is 37.6 cm³/mol. The third kappa shape index (κ3) is 4.68. The Morgan fingerprint density at radius 3 is 2.60 bits per heavy atom. The molecule has 0 unspecified atom stereocenters. The van der Waals surface area contributed by atoms with Crippen LogP contribution in [0.2, 0.25) is 0 Å². The molecule has 0 saturated heterocycles. The lowest BCUT2D eigenvalue weighted by molar-refractivity contribution is 0.143. The van der Waals surface area contributed by atoms with E-state index in [2.05, 4.69) is 15.5 Å². The summed E-state index contributed by atoms with van der Waals surface area (Å²) in [7, 11) is -3.08. The molecule has 5 nitrogen and oxygen atoms in total. The summed E-state index contributed by atoms with van der Waals surface area (Å²) >= 11 is 0. The van der Waals surface area contributed by atoms with Crippen LogP contribution in [0, 0.1) is 0 Å². The molecule has 0 aromatic carbocycles. The van der Waals surface area contributed by atoms with Crippen LogP contribution < -0.4 is 10.6 Å². The quantitative estimate of drug-likeness (QED) is 0.400. The van der Waals surface area contributed by atoms with E-state index in [1.54, 1.807) is 6.92 Å². The van der Waals surface area contributed by atoms with Gasteiger partial charge in [0.15, 0.2) is 0 Å². The van der Waals surface area contributed by atoms with Gasteiger partial charge in [-0.1, -0.05) is 0 Å². The maximum atomic E-state index is 10.7. The zero-order valence-electron chi connectivity index (χ0n) is 5.83. The molecule has 0 aromatic heterocycles. The number of hydrogen-bond acceptors (Lipinski definition) is 4. The monoisotopic (exact) mass is 168 g/mol. The van der Waals surface area contributed by atoms with Gasteiger partial charge in [-0.15, -0.1) is 0 Å². The molecule has 0 radical (unpaired) electrons. The Kier molecular flexibility index (Phi) is 4.54. The maximum Gasteiger partial charge on any atom is 0.211 e. The molecule has 0 amide bonds.